The molecule has 0 saturated carbocycles. The third-order valence-corrected chi connectivity index (χ3v) is 4.93. The van der Waals surface area contributed by atoms with Crippen LogP contribution >= 0.6 is 0 Å². The fourth-order valence-electron chi connectivity index (χ4n) is 3.37. The largest absolute Gasteiger partial charge is 0.386 e. The maximum atomic E-state index is 10.3. The molecular formula is C22H32N4O. The van der Waals surface area contributed by atoms with E-state index in [1.807, 2.05) is 19.9 Å². The molecule has 0 radical (unpaired) electrons. The summed E-state index contributed by atoms with van der Waals surface area (Å²) < 4.78 is 0. The van der Waals surface area contributed by atoms with E-state index in [0.717, 1.165) is 42.5 Å². The second-order valence-corrected chi connectivity index (χ2v) is 8.64. The highest BCUT2D eigenvalue weighted by Crippen LogP contribution is 2.29. The van der Waals surface area contributed by atoms with Crippen molar-refractivity contribution in [3.05, 3.63) is 46.8 Å². The molecule has 2 aromatic rings. The molecule has 0 bridgehead atoms. The Balaban J connectivity index is 1.89. The molecule has 5 heteroatoms. The Labute approximate surface area is 162 Å². The number of fused-ring (bicyclic) bond motifs is 1. The van der Waals surface area contributed by atoms with Gasteiger partial charge >= 0.3 is 0 Å². The van der Waals surface area contributed by atoms with Gasteiger partial charge in [0, 0.05) is 31.1 Å². The Kier molecular flexibility index (Phi) is 5.43. The van der Waals surface area contributed by atoms with Crippen LogP contribution in [-0.2, 0) is 18.6 Å². The Morgan fingerprint density at radius 3 is 2.44 bits per heavy atom. The van der Waals surface area contributed by atoms with Crippen LogP contribution in [0.4, 0.5) is 11.6 Å². The van der Waals surface area contributed by atoms with Crippen LogP contribution in [0.3, 0.4) is 0 Å². The monoisotopic (exact) mass is 368 g/mol. The molecule has 1 aliphatic heterocycles. The van der Waals surface area contributed by atoms with Crippen molar-refractivity contribution >= 4 is 11.6 Å². The molecule has 0 amide bonds. The molecule has 2 heterocycles. The van der Waals surface area contributed by atoms with Crippen LogP contribution in [-0.4, -0.2) is 27.7 Å². The molecule has 2 N–H and O–H groups in total. The summed E-state index contributed by atoms with van der Waals surface area (Å²) in [5.74, 6) is 3.03. The van der Waals surface area contributed by atoms with Crippen LogP contribution in [0.25, 0.3) is 0 Å². The summed E-state index contributed by atoms with van der Waals surface area (Å²) in [7, 11) is 0. The summed E-state index contributed by atoms with van der Waals surface area (Å²) in [5, 5.41) is 13.7. The quantitative estimate of drug-likeness (QED) is 0.828. The van der Waals surface area contributed by atoms with E-state index in [0.29, 0.717) is 6.04 Å². The predicted molar refractivity (Wildman–Crippen MR) is 111 cm³/mol. The lowest BCUT2D eigenvalue weighted by Crippen LogP contribution is -2.32. The Bertz CT molecular complexity index is 808. The van der Waals surface area contributed by atoms with Gasteiger partial charge in [0.1, 0.15) is 17.5 Å². The van der Waals surface area contributed by atoms with Gasteiger partial charge in [-0.05, 0) is 50.8 Å². The molecule has 27 heavy (non-hydrogen) atoms. The van der Waals surface area contributed by atoms with Crippen LogP contribution in [0.2, 0.25) is 0 Å². The molecule has 1 aromatic heterocycles. The van der Waals surface area contributed by atoms with Crippen molar-refractivity contribution in [3.63, 3.8) is 0 Å². The molecule has 1 aliphatic rings. The van der Waals surface area contributed by atoms with Crippen LogP contribution < -0.4 is 10.2 Å². The summed E-state index contributed by atoms with van der Waals surface area (Å²) in [6, 6.07) is 8.72. The third-order valence-electron chi connectivity index (χ3n) is 4.93. The van der Waals surface area contributed by atoms with Crippen molar-refractivity contribution in [1.82, 2.24) is 9.97 Å². The first kappa shape index (κ1) is 19.6. The SMILES string of the molecule is CC(C)Nc1cc(N2CCc3cc(C(C)(C)O)ccc3C2)nc(C(C)C)n1. The van der Waals surface area contributed by atoms with Gasteiger partial charge in [-0.15, -0.1) is 0 Å². The van der Waals surface area contributed by atoms with E-state index < -0.39 is 5.60 Å². The van der Waals surface area contributed by atoms with Crippen molar-refractivity contribution in [3.8, 4) is 0 Å². The summed E-state index contributed by atoms with van der Waals surface area (Å²) in [6.45, 7) is 13.9. The first-order valence-corrected chi connectivity index (χ1v) is 9.88. The number of hydrogen-bond donors (Lipinski definition) is 2. The van der Waals surface area contributed by atoms with Gasteiger partial charge in [-0.25, -0.2) is 9.97 Å². The first-order valence-electron chi connectivity index (χ1n) is 9.88. The zero-order valence-corrected chi connectivity index (χ0v) is 17.4. The van der Waals surface area contributed by atoms with E-state index in [1.54, 1.807) is 0 Å². The lowest BCUT2D eigenvalue weighted by molar-refractivity contribution is 0.0785. The van der Waals surface area contributed by atoms with E-state index >= 15 is 0 Å². The fourth-order valence-corrected chi connectivity index (χ4v) is 3.37. The Morgan fingerprint density at radius 1 is 1.07 bits per heavy atom. The molecule has 5 nitrogen and oxygen atoms in total. The zero-order valence-electron chi connectivity index (χ0n) is 17.4. The van der Waals surface area contributed by atoms with Gasteiger partial charge in [0.15, 0.2) is 0 Å². The highest BCUT2D eigenvalue weighted by molar-refractivity contribution is 5.52. The smallest absolute Gasteiger partial charge is 0.135 e. The minimum absolute atomic E-state index is 0.282. The predicted octanol–water partition coefficient (Wildman–Crippen LogP) is 4.21. The van der Waals surface area contributed by atoms with Crippen molar-refractivity contribution in [2.45, 2.75) is 72.1 Å². The molecule has 0 spiro atoms. The average molecular weight is 369 g/mol. The second kappa shape index (κ2) is 7.47. The summed E-state index contributed by atoms with van der Waals surface area (Å²) >= 11 is 0. The van der Waals surface area contributed by atoms with Crippen molar-refractivity contribution in [1.29, 1.82) is 0 Å². The van der Waals surface area contributed by atoms with Crippen molar-refractivity contribution in [2.24, 2.45) is 0 Å². The molecule has 0 atom stereocenters. The average Bonchev–Trinajstić information content (AvgIpc) is 2.59. The minimum Gasteiger partial charge on any atom is -0.386 e. The Hall–Kier alpha value is -2.14. The summed E-state index contributed by atoms with van der Waals surface area (Å²) in [5.41, 5.74) is 2.80. The second-order valence-electron chi connectivity index (χ2n) is 8.64. The number of hydrogen-bond acceptors (Lipinski definition) is 5. The van der Waals surface area contributed by atoms with Crippen LogP contribution in [0, 0.1) is 0 Å². The minimum atomic E-state index is -0.803. The molecule has 0 aliphatic carbocycles. The van der Waals surface area contributed by atoms with E-state index in [9.17, 15) is 5.11 Å². The molecular weight excluding hydrogens is 336 g/mol. The standard InChI is InChI=1S/C22H32N4O/c1-14(2)21-24-19(23-15(3)4)12-20(25-21)26-10-9-16-11-18(22(5,6)27)8-7-17(16)13-26/h7-8,11-12,14-15,27H,9-10,13H2,1-6H3,(H,23,24,25). The number of benzene rings is 1. The van der Waals surface area contributed by atoms with Crippen molar-refractivity contribution < 1.29 is 5.11 Å². The highest BCUT2D eigenvalue weighted by Gasteiger charge is 2.23. The normalized spacial score (nSPS) is 14.6. The number of nitrogens with zero attached hydrogens (tertiary/aromatic N) is 3. The van der Waals surface area contributed by atoms with Gasteiger partial charge < -0.3 is 15.3 Å². The van der Waals surface area contributed by atoms with E-state index in [1.165, 1.54) is 11.1 Å². The van der Waals surface area contributed by atoms with E-state index in [4.69, 9.17) is 4.98 Å². The fraction of sp³-hybridized carbons (Fsp3) is 0.545. The lowest BCUT2D eigenvalue weighted by atomic mass is 9.91. The molecule has 0 saturated heterocycles. The maximum Gasteiger partial charge on any atom is 0.135 e. The molecule has 146 valence electrons. The molecule has 0 unspecified atom stereocenters. The van der Waals surface area contributed by atoms with Crippen molar-refractivity contribution in [2.75, 3.05) is 16.8 Å². The number of rotatable bonds is 5. The van der Waals surface area contributed by atoms with Crippen LogP contribution in [0.15, 0.2) is 24.3 Å². The number of nitrogens with one attached hydrogen (secondary N) is 1. The zero-order chi connectivity index (χ0) is 19.8. The van der Waals surface area contributed by atoms with E-state index in [-0.39, 0.29) is 5.92 Å². The van der Waals surface area contributed by atoms with Crippen LogP contribution in [0.1, 0.15) is 70.0 Å². The topological polar surface area (TPSA) is 61.3 Å². The number of anilines is 2. The van der Waals surface area contributed by atoms with E-state index in [2.05, 4.69) is 61.1 Å². The van der Waals surface area contributed by atoms with Crippen LogP contribution in [0.5, 0.6) is 0 Å². The van der Waals surface area contributed by atoms with Gasteiger partial charge in [-0.3, -0.25) is 0 Å². The summed E-state index contributed by atoms with van der Waals surface area (Å²) in [4.78, 5) is 11.8. The summed E-state index contributed by atoms with van der Waals surface area (Å²) in [6.07, 6.45) is 0.952. The molecule has 0 fully saturated rings. The number of aromatic nitrogens is 2. The first-order chi connectivity index (χ1) is 12.6. The third kappa shape index (κ3) is 4.59. The van der Waals surface area contributed by atoms with Gasteiger partial charge in [0.25, 0.3) is 0 Å². The number of aliphatic hydroxyl groups is 1. The van der Waals surface area contributed by atoms with Gasteiger partial charge in [-0.2, -0.15) is 0 Å². The lowest BCUT2D eigenvalue weighted by Gasteiger charge is -2.31. The highest BCUT2D eigenvalue weighted by atomic mass is 16.3. The molecule has 1 aromatic carbocycles. The maximum absolute atomic E-state index is 10.3. The molecule has 3 rings (SSSR count). The van der Waals surface area contributed by atoms with Gasteiger partial charge in [0.2, 0.25) is 0 Å². The van der Waals surface area contributed by atoms with Gasteiger partial charge in [-0.1, -0.05) is 32.0 Å². The van der Waals surface area contributed by atoms with Gasteiger partial charge in [0.05, 0.1) is 5.60 Å². The Morgan fingerprint density at radius 2 is 1.81 bits per heavy atom.